The summed E-state index contributed by atoms with van der Waals surface area (Å²) in [5.74, 6) is 0.881. The van der Waals surface area contributed by atoms with Crippen LogP contribution in [0.15, 0.2) is 61.1 Å². The van der Waals surface area contributed by atoms with E-state index in [1.807, 2.05) is 67.2 Å². The van der Waals surface area contributed by atoms with Crippen LogP contribution in [0.3, 0.4) is 0 Å². The van der Waals surface area contributed by atoms with Crippen molar-refractivity contribution in [1.82, 2.24) is 19.6 Å². The topological polar surface area (TPSA) is 55.1 Å². The Labute approximate surface area is 151 Å². The number of hydrogen-bond acceptors (Lipinski definition) is 4. The van der Waals surface area contributed by atoms with Gasteiger partial charge in [-0.1, -0.05) is 29.8 Å². The first-order valence-electron chi connectivity index (χ1n) is 7.95. The molecule has 122 valence electrons. The highest BCUT2D eigenvalue weighted by atomic mass is 35.5. The molecule has 0 unspecified atom stereocenters. The van der Waals surface area contributed by atoms with Gasteiger partial charge in [0.25, 0.3) is 0 Å². The number of halogens is 1. The second kappa shape index (κ2) is 6.57. The van der Waals surface area contributed by atoms with E-state index in [-0.39, 0.29) is 0 Å². The Kier molecular flexibility index (Phi) is 4.11. The van der Waals surface area contributed by atoms with Crippen molar-refractivity contribution in [3.63, 3.8) is 0 Å². The summed E-state index contributed by atoms with van der Waals surface area (Å²) in [6.07, 6.45) is 5.44. The van der Waals surface area contributed by atoms with Crippen molar-refractivity contribution >= 4 is 36.4 Å². The van der Waals surface area contributed by atoms with Crippen molar-refractivity contribution in [2.45, 2.75) is 6.54 Å². The highest BCUT2D eigenvalue weighted by molar-refractivity contribution is 6.36. The molecule has 1 N–H and O–H groups in total. The van der Waals surface area contributed by atoms with Crippen molar-refractivity contribution in [2.75, 3.05) is 5.32 Å². The van der Waals surface area contributed by atoms with Crippen LogP contribution in [0.1, 0.15) is 5.56 Å². The van der Waals surface area contributed by atoms with Gasteiger partial charge >= 0.3 is 0 Å². The fraction of sp³-hybridized carbons (Fsp3) is 0.0556. The third-order valence-electron chi connectivity index (χ3n) is 3.98. The van der Waals surface area contributed by atoms with Gasteiger partial charge in [-0.2, -0.15) is 9.61 Å². The van der Waals surface area contributed by atoms with Crippen LogP contribution in [0.4, 0.5) is 5.82 Å². The van der Waals surface area contributed by atoms with Crippen LogP contribution in [0.5, 0.6) is 0 Å². The molecular formula is C18H15BClN5. The van der Waals surface area contributed by atoms with Crippen LogP contribution < -0.4 is 10.8 Å². The van der Waals surface area contributed by atoms with Crippen molar-refractivity contribution in [3.05, 3.63) is 71.6 Å². The summed E-state index contributed by atoms with van der Waals surface area (Å²) in [5, 5.41) is 8.58. The van der Waals surface area contributed by atoms with Gasteiger partial charge in [0.1, 0.15) is 13.7 Å². The van der Waals surface area contributed by atoms with Gasteiger partial charge < -0.3 is 5.32 Å². The highest BCUT2D eigenvalue weighted by Crippen LogP contribution is 2.23. The van der Waals surface area contributed by atoms with Crippen molar-refractivity contribution in [2.24, 2.45) is 0 Å². The molecule has 4 rings (SSSR count). The maximum atomic E-state index is 6.00. The summed E-state index contributed by atoms with van der Waals surface area (Å²) >= 11 is 6.00. The van der Waals surface area contributed by atoms with E-state index >= 15 is 0 Å². The first-order valence-corrected chi connectivity index (χ1v) is 8.32. The number of pyridine rings is 1. The number of aromatic nitrogens is 4. The van der Waals surface area contributed by atoms with E-state index in [1.165, 1.54) is 0 Å². The lowest BCUT2D eigenvalue weighted by molar-refractivity contribution is 0.925. The standard InChI is InChI=1S/C18H15BClN5/c19-15-11-23-25-17(22-10-12-2-1-7-21-9-12)8-16(24-18(15)25)13-3-5-14(20)6-4-13/h1-9,11,22H,10,19H2. The first kappa shape index (κ1) is 15.7. The van der Waals surface area contributed by atoms with Crippen LogP contribution in [0, 0.1) is 0 Å². The van der Waals surface area contributed by atoms with E-state index in [2.05, 4.69) is 15.4 Å². The molecule has 3 aromatic heterocycles. The molecule has 0 aliphatic carbocycles. The Bertz CT molecular complexity index is 1020. The number of nitrogens with zero attached hydrogens (tertiary/aromatic N) is 4. The number of nitrogens with one attached hydrogen (secondary N) is 1. The third-order valence-corrected chi connectivity index (χ3v) is 4.24. The molecule has 3 heterocycles. The number of rotatable bonds is 4. The zero-order chi connectivity index (χ0) is 17.2. The molecule has 0 aliphatic rings. The summed E-state index contributed by atoms with van der Waals surface area (Å²) in [6.45, 7) is 0.659. The Morgan fingerprint density at radius 3 is 2.72 bits per heavy atom. The van der Waals surface area contributed by atoms with Crippen LogP contribution >= 0.6 is 11.6 Å². The smallest absolute Gasteiger partial charge is 0.151 e. The molecule has 25 heavy (non-hydrogen) atoms. The summed E-state index contributed by atoms with van der Waals surface area (Å²) < 4.78 is 1.82. The highest BCUT2D eigenvalue weighted by Gasteiger charge is 2.10. The van der Waals surface area contributed by atoms with E-state index in [9.17, 15) is 0 Å². The van der Waals surface area contributed by atoms with E-state index in [0.29, 0.717) is 11.6 Å². The summed E-state index contributed by atoms with van der Waals surface area (Å²) in [7, 11) is 2.01. The molecule has 5 nitrogen and oxygen atoms in total. The lowest BCUT2D eigenvalue weighted by Crippen LogP contribution is -2.09. The molecule has 4 aromatic rings. The summed E-state index contributed by atoms with van der Waals surface area (Å²) in [5.41, 5.74) is 4.85. The normalized spacial score (nSPS) is 10.9. The molecule has 0 aliphatic heterocycles. The second-order valence-corrected chi connectivity index (χ2v) is 6.25. The van der Waals surface area contributed by atoms with Gasteiger partial charge in [0, 0.05) is 41.8 Å². The number of benzene rings is 1. The molecule has 0 fully saturated rings. The fourth-order valence-electron chi connectivity index (χ4n) is 2.66. The third kappa shape index (κ3) is 3.21. The summed E-state index contributed by atoms with van der Waals surface area (Å²) in [6, 6.07) is 13.6. The molecule has 0 spiro atoms. The van der Waals surface area contributed by atoms with Crippen LogP contribution in [-0.4, -0.2) is 27.4 Å². The van der Waals surface area contributed by atoms with Gasteiger partial charge in [0.2, 0.25) is 0 Å². The number of anilines is 1. The Balaban J connectivity index is 1.75. The van der Waals surface area contributed by atoms with Crippen LogP contribution in [0.25, 0.3) is 16.9 Å². The second-order valence-electron chi connectivity index (χ2n) is 5.81. The zero-order valence-corrected chi connectivity index (χ0v) is 14.4. The van der Waals surface area contributed by atoms with Crippen LogP contribution in [0.2, 0.25) is 5.02 Å². The van der Waals surface area contributed by atoms with E-state index in [1.54, 1.807) is 6.20 Å². The molecular weight excluding hydrogens is 332 g/mol. The van der Waals surface area contributed by atoms with Crippen molar-refractivity contribution in [1.29, 1.82) is 0 Å². The average Bonchev–Trinajstić information content (AvgIpc) is 3.02. The Hall–Kier alpha value is -2.86. The summed E-state index contributed by atoms with van der Waals surface area (Å²) in [4.78, 5) is 8.90. The average molecular weight is 348 g/mol. The van der Waals surface area contributed by atoms with Crippen molar-refractivity contribution in [3.8, 4) is 11.3 Å². The first-order chi connectivity index (χ1) is 12.2. The van der Waals surface area contributed by atoms with E-state index in [4.69, 9.17) is 16.6 Å². The molecule has 0 radical (unpaired) electrons. The molecule has 0 amide bonds. The molecule has 1 aromatic carbocycles. The van der Waals surface area contributed by atoms with Gasteiger partial charge in [-0.05, 0) is 29.2 Å². The lowest BCUT2D eigenvalue weighted by Gasteiger charge is -2.11. The minimum Gasteiger partial charge on any atom is -0.366 e. The van der Waals surface area contributed by atoms with Gasteiger partial charge in [-0.3, -0.25) is 4.98 Å². The number of fused-ring (bicyclic) bond motifs is 1. The van der Waals surface area contributed by atoms with Gasteiger partial charge in [0.15, 0.2) is 5.65 Å². The fourth-order valence-corrected chi connectivity index (χ4v) is 2.79. The lowest BCUT2D eigenvalue weighted by atomic mass is 10.0. The van der Waals surface area contributed by atoms with Gasteiger partial charge in [-0.15, -0.1) is 0 Å². The predicted octanol–water partition coefficient (Wildman–Crippen LogP) is 2.32. The van der Waals surface area contributed by atoms with Crippen molar-refractivity contribution < 1.29 is 0 Å². The maximum Gasteiger partial charge on any atom is 0.151 e. The predicted molar refractivity (Wildman–Crippen MR) is 103 cm³/mol. The van der Waals surface area contributed by atoms with E-state index < -0.39 is 0 Å². The molecule has 0 bridgehead atoms. The van der Waals surface area contributed by atoms with Gasteiger partial charge in [0.05, 0.1) is 5.69 Å². The SMILES string of the molecule is Bc1cnn2c(NCc3cccnc3)cc(-c3ccc(Cl)cc3)nc12. The zero-order valence-electron chi connectivity index (χ0n) is 13.6. The Morgan fingerprint density at radius 2 is 1.96 bits per heavy atom. The minimum atomic E-state index is 0.659. The van der Waals surface area contributed by atoms with Crippen LogP contribution in [-0.2, 0) is 6.54 Å². The molecule has 0 saturated carbocycles. The minimum absolute atomic E-state index is 0.659. The number of hydrogen-bond donors (Lipinski definition) is 1. The van der Waals surface area contributed by atoms with Gasteiger partial charge in [-0.25, -0.2) is 4.98 Å². The molecule has 0 saturated heterocycles. The maximum absolute atomic E-state index is 6.00. The monoisotopic (exact) mass is 347 g/mol. The quantitative estimate of drug-likeness (QED) is 0.576. The van der Waals surface area contributed by atoms with E-state index in [0.717, 1.165) is 33.7 Å². The molecule has 7 heteroatoms. The Morgan fingerprint density at radius 1 is 1.12 bits per heavy atom. The molecule has 0 atom stereocenters. The largest absolute Gasteiger partial charge is 0.366 e.